The molecule has 5 N–H and O–H groups in total. The van der Waals surface area contributed by atoms with Gasteiger partial charge >= 0.3 is 7.60 Å². The molecular formula is C15H29O9P. The van der Waals surface area contributed by atoms with E-state index in [0.717, 1.165) is 12.8 Å². The number of unbranched alkanes of at least 4 members (excludes halogenated alkanes) is 2. The van der Waals surface area contributed by atoms with Crippen LogP contribution < -0.4 is 0 Å². The highest BCUT2D eigenvalue weighted by atomic mass is 31.2. The third-order valence-corrected chi connectivity index (χ3v) is 4.99. The lowest BCUT2D eigenvalue weighted by Gasteiger charge is -2.40. The molecule has 0 saturated carbocycles. The molecular weight excluding hydrogens is 355 g/mol. The van der Waals surface area contributed by atoms with Crippen LogP contribution in [0.1, 0.15) is 45.4 Å². The first-order valence-electron chi connectivity index (χ1n) is 8.53. The Kier molecular flexibility index (Phi) is 9.69. The molecule has 148 valence electrons. The van der Waals surface area contributed by atoms with Gasteiger partial charge in [0.1, 0.15) is 24.1 Å². The van der Waals surface area contributed by atoms with Crippen LogP contribution in [0.2, 0.25) is 0 Å². The Balaban J connectivity index is 2.38. The molecule has 5 unspecified atom stereocenters. The van der Waals surface area contributed by atoms with Crippen LogP contribution in [0.25, 0.3) is 0 Å². The second kappa shape index (κ2) is 10.7. The maximum absolute atomic E-state index is 11.2. The lowest BCUT2D eigenvalue weighted by Crippen LogP contribution is -2.58. The van der Waals surface area contributed by atoms with Crippen molar-refractivity contribution in [2.24, 2.45) is 0 Å². The summed E-state index contributed by atoms with van der Waals surface area (Å²) in [6, 6.07) is 0. The molecule has 25 heavy (non-hydrogen) atoms. The average Bonchev–Trinajstić information content (AvgIpc) is 2.55. The summed E-state index contributed by atoms with van der Waals surface area (Å²) in [6.45, 7) is 2.05. The van der Waals surface area contributed by atoms with Gasteiger partial charge in [-0.05, 0) is 19.3 Å². The molecule has 5 atom stereocenters. The van der Waals surface area contributed by atoms with Gasteiger partial charge in [0.05, 0.1) is 12.3 Å². The first kappa shape index (κ1) is 22.7. The first-order chi connectivity index (χ1) is 11.7. The average molecular weight is 384 g/mol. The number of ketones is 1. The molecule has 0 amide bonds. The van der Waals surface area contributed by atoms with Crippen LogP contribution in [0, 0.1) is 0 Å². The van der Waals surface area contributed by atoms with Gasteiger partial charge in [0, 0.05) is 19.4 Å². The maximum Gasteiger partial charge on any atom is 0.325 e. The van der Waals surface area contributed by atoms with Crippen molar-refractivity contribution in [2.75, 3.05) is 12.8 Å². The third-order valence-electron chi connectivity index (χ3n) is 4.15. The Morgan fingerprint density at radius 2 is 1.76 bits per heavy atom. The molecule has 0 radical (unpaired) electrons. The Hall–Kier alpha value is -0.380. The Bertz CT molecular complexity index is 452. The van der Waals surface area contributed by atoms with E-state index in [4.69, 9.17) is 19.3 Å². The van der Waals surface area contributed by atoms with Crippen molar-refractivity contribution in [1.29, 1.82) is 0 Å². The predicted molar refractivity (Wildman–Crippen MR) is 87.9 cm³/mol. The number of carbonyl (C=O) groups is 1. The molecule has 0 aromatic heterocycles. The quantitative estimate of drug-likeness (QED) is 0.243. The molecule has 1 fully saturated rings. The number of ether oxygens (including phenoxy) is 2. The zero-order chi connectivity index (χ0) is 19.0. The molecule has 0 bridgehead atoms. The molecule has 9 nitrogen and oxygen atoms in total. The van der Waals surface area contributed by atoms with Gasteiger partial charge in [-0.2, -0.15) is 0 Å². The molecule has 10 heteroatoms. The van der Waals surface area contributed by atoms with E-state index in [1.165, 1.54) is 0 Å². The Morgan fingerprint density at radius 3 is 2.36 bits per heavy atom. The number of carbonyl (C=O) groups excluding carboxylic acids is 1. The maximum atomic E-state index is 11.2. The monoisotopic (exact) mass is 384 g/mol. The highest BCUT2D eigenvalue weighted by Gasteiger charge is 2.44. The van der Waals surface area contributed by atoms with Crippen molar-refractivity contribution in [3.05, 3.63) is 0 Å². The van der Waals surface area contributed by atoms with Gasteiger partial charge in [0.2, 0.25) is 0 Å². The number of hydrogen-bond donors (Lipinski definition) is 5. The Labute approximate surface area is 147 Å². The summed E-state index contributed by atoms with van der Waals surface area (Å²) >= 11 is 0. The summed E-state index contributed by atoms with van der Waals surface area (Å²) < 4.78 is 21.7. The van der Waals surface area contributed by atoms with Gasteiger partial charge in [0.15, 0.2) is 6.29 Å². The number of aliphatic hydroxyl groups excluding tert-OH is 3. The molecule has 0 aromatic carbocycles. The van der Waals surface area contributed by atoms with Gasteiger partial charge in [-0.15, -0.1) is 0 Å². The summed E-state index contributed by atoms with van der Waals surface area (Å²) in [7, 11) is -4.26. The molecule has 0 aromatic rings. The summed E-state index contributed by atoms with van der Waals surface area (Å²) in [4.78, 5) is 29.0. The third kappa shape index (κ3) is 8.23. The predicted octanol–water partition coefficient (Wildman–Crippen LogP) is -0.0821. The van der Waals surface area contributed by atoms with E-state index in [1.807, 2.05) is 6.92 Å². The van der Waals surface area contributed by atoms with Gasteiger partial charge in [-0.1, -0.05) is 13.3 Å². The van der Waals surface area contributed by atoms with Crippen LogP contribution in [0.3, 0.4) is 0 Å². The van der Waals surface area contributed by atoms with Crippen molar-refractivity contribution >= 4 is 13.4 Å². The number of aliphatic hydroxyl groups is 3. The molecule has 1 aliphatic heterocycles. The highest BCUT2D eigenvalue weighted by molar-refractivity contribution is 7.51. The fourth-order valence-electron chi connectivity index (χ4n) is 2.57. The van der Waals surface area contributed by atoms with Crippen LogP contribution in [-0.4, -0.2) is 74.4 Å². The largest absolute Gasteiger partial charge is 0.388 e. The lowest BCUT2D eigenvalue weighted by molar-refractivity contribution is -0.297. The minimum atomic E-state index is -4.26. The van der Waals surface area contributed by atoms with Crippen molar-refractivity contribution in [2.45, 2.75) is 76.2 Å². The smallest absolute Gasteiger partial charge is 0.325 e. The van der Waals surface area contributed by atoms with E-state index < -0.39 is 44.5 Å². The molecule has 1 rings (SSSR count). The van der Waals surface area contributed by atoms with Gasteiger partial charge in [0.25, 0.3) is 0 Å². The van der Waals surface area contributed by atoms with Crippen LogP contribution in [-0.2, 0) is 18.8 Å². The van der Waals surface area contributed by atoms with E-state index in [9.17, 15) is 24.7 Å². The number of hydrogen-bond acceptors (Lipinski definition) is 7. The summed E-state index contributed by atoms with van der Waals surface area (Å²) in [5.74, 6) is 0.206. The molecule has 0 aliphatic carbocycles. The lowest BCUT2D eigenvalue weighted by atomic mass is 9.97. The minimum Gasteiger partial charge on any atom is -0.388 e. The summed E-state index contributed by atoms with van der Waals surface area (Å²) in [5, 5.41) is 29.6. The zero-order valence-corrected chi connectivity index (χ0v) is 15.3. The number of rotatable bonds is 11. The fourth-order valence-corrected chi connectivity index (χ4v) is 3.16. The van der Waals surface area contributed by atoms with E-state index in [2.05, 4.69) is 0 Å². The minimum absolute atomic E-state index is 0.172. The number of Topliss-reactive ketones (excluding diaryl/α,β-unsaturated/α-hetero) is 1. The van der Waals surface area contributed by atoms with Crippen molar-refractivity contribution < 1.29 is 43.9 Å². The van der Waals surface area contributed by atoms with E-state index in [1.54, 1.807) is 0 Å². The second-order valence-corrected chi connectivity index (χ2v) is 8.04. The standard InChI is InChI=1S/C15H29O9P/c1-2-10(16)6-4-3-5-8-23-15-14(19)13(18)12(17)11(24-15)7-9-25(20,21)22/h11-15,17-19H,2-9H2,1H3,(H2,20,21,22). The van der Waals surface area contributed by atoms with Gasteiger partial charge in [-0.25, -0.2) is 0 Å². The molecule has 1 aliphatic rings. The molecule has 1 heterocycles. The topological polar surface area (TPSA) is 154 Å². The zero-order valence-electron chi connectivity index (χ0n) is 14.4. The van der Waals surface area contributed by atoms with Crippen molar-refractivity contribution in [3.63, 3.8) is 0 Å². The summed E-state index contributed by atoms with van der Waals surface area (Å²) in [6.07, 6.45) is -4.15. The Morgan fingerprint density at radius 1 is 1.08 bits per heavy atom. The summed E-state index contributed by atoms with van der Waals surface area (Å²) in [5.41, 5.74) is 0. The van der Waals surface area contributed by atoms with Crippen LogP contribution in [0.4, 0.5) is 0 Å². The van der Waals surface area contributed by atoms with E-state index in [-0.39, 0.29) is 18.8 Å². The van der Waals surface area contributed by atoms with Crippen molar-refractivity contribution in [1.82, 2.24) is 0 Å². The van der Waals surface area contributed by atoms with Gasteiger partial charge < -0.3 is 34.6 Å². The SMILES string of the molecule is CCC(=O)CCCCCOC1OC(CCP(=O)(O)O)C(O)C(O)C1O. The van der Waals surface area contributed by atoms with E-state index >= 15 is 0 Å². The van der Waals surface area contributed by atoms with Crippen LogP contribution >= 0.6 is 7.60 Å². The first-order valence-corrected chi connectivity index (χ1v) is 10.3. The normalized spacial score (nSPS) is 30.4. The molecule has 1 saturated heterocycles. The molecule has 0 spiro atoms. The fraction of sp³-hybridized carbons (Fsp3) is 0.933. The highest BCUT2D eigenvalue weighted by Crippen LogP contribution is 2.37. The van der Waals surface area contributed by atoms with Gasteiger partial charge in [-0.3, -0.25) is 9.36 Å². The van der Waals surface area contributed by atoms with Crippen LogP contribution in [0.5, 0.6) is 0 Å². The van der Waals surface area contributed by atoms with Crippen molar-refractivity contribution in [3.8, 4) is 0 Å². The van der Waals surface area contributed by atoms with Crippen LogP contribution in [0.15, 0.2) is 0 Å². The van der Waals surface area contributed by atoms with E-state index in [0.29, 0.717) is 19.3 Å². The second-order valence-electron chi connectivity index (χ2n) is 6.27.